The van der Waals surface area contributed by atoms with Gasteiger partial charge in [-0.05, 0) is 68.3 Å². The molecule has 4 rings (SSSR count). The molecule has 0 atom stereocenters. The van der Waals surface area contributed by atoms with Crippen LogP contribution in [0.3, 0.4) is 0 Å². The lowest BCUT2D eigenvalue weighted by atomic mass is 10.2. The van der Waals surface area contributed by atoms with Crippen LogP contribution >= 0.6 is 0 Å². The molecule has 6 nitrogen and oxygen atoms in total. The lowest BCUT2D eigenvalue weighted by Crippen LogP contribution is -2.21. The molecule has 3 aromatic rings. The number of carbonyl (C=O) groups is 1. The molecular weight excluding hydrogens is 369 g/mol. The summed E-state index contributed by atoms with van der Waals surface area (Å²) in [5, 5.41) is 6.10. The number of nitrogens with zero attached hydrogens (tertiary/aromatic N) is 3. The van der Waals surface area contributed by atoms with E-state index in [-0.39, 0.29) is 11.7 Å². The molecule has 1 aliphatic rings. The SMILES string of the molecule is Cc1cc(Nc2ccc(NC(=O)c3ccc(F)cc3)cc2)nc(N2CCCC2)n1. The van der Waals surface area contributed by atoms with E-state index in [0.29, 0.717) is 11.3 Å². The fraction of sp³-hybridized carbons (Fsp3) is 0.227. The van der Waals surface area contributed by atoms with Gasteiger partial charge in [0.25, 0.3) is 5.91 Å². The molecule has 1 fully saturated rings. The monoisotopic (exact) mass is 391 g/mol. The van der Waals surface area contributed by atoms with Crippen LogP contribution in [0, 0.1) is 12.7 Å². The van der Waals surface area contributed by atoms with Crippen molar-refractivity contribution in [2.75, 3.05) is 28.6 Å². The predicted molar refractivity (Wildman–Crippen MR) is 112 cm³/mol. The normalized spacial score (nSPS) is 13.4. The van der Waals surface area contributed by atoms with Crippen molar-refractivity contribution >= 4 is 29.0 Å². The van der Waals surface area contributed by atoms with E-state index >= 15 is 0 Å². The summed E-state index contributed by atoms with van der Waals surface area (Å²) in [7, 11) is 0. The van der Waals surface area contributed by atoms with Gasteiger partial charge >= 0.3 is 0 Å². The molecule has 1 aliphatic heterocycles. The summed E-state index contributed by atoms with van der Waals surface area (Å²) < 4.78 is 13.0. The van der Waals surface area contributed by atoms with Crippen LogP contribution < -0.4 is 15.5 Å². The Morgan fingerprint density at radius 3 is 2.31 bits per heavy atom. The Morgan fingerprint density at radius 1 is 0.966 bits per heavy atom. The first-order chi connectivity index (χ1) is 14.1. The Labute approximate surface area is 168 Å². The van der Waals surface area contributed by atoms with Gasteiger partial charge < -0.3 is 15.5 Å². The molecule has 0 aliphatic carbocycles. The van der Waals surface area contributed by atoms with Crippen molar-refractivity contribution < 1.29 is 9.18 Å². The van der Waals surface area contributed by atoms with Crippen molar-refractivity contribution in [3.63, 3.8) is 0 Å². The van der Waals surface area contributed by atoms with Crippen LogP contribution in [0.15, 0.2) is 54.6 Å². The minimum Gasteiger partial charge on any atom is -0.341 e. The van der Waals surface area contributed by atoms with Crippen molar-refractivity contribution in [2.45, 2.75) is 19.8 Å². The van der Waals surface area contributed by atoms with Crippen LogP contribution in [0.5, 0.6) is 0 Å². The topological polar surface area (TPSA) is 70.2 Å². The predicted octanol–water partition coefficient (Wildman–Crippen LogP) is 4.52. The molecule has 2 aromatic carbocycles. The Balaban J connectivity index is 1.43. The molecule has 1 saturated heterocycles. The first-order valence-corrected chi connectivity index (χ1v) is 9.61. The molecular formula is C22H22FN5O. The molecule has 0 radical (unpaired) electrons. The van der Waals surface area contributed by atoms with Crippen molar-refractivity contribution in [3.05, 3.63) is 71.7 Å². The van der Waals surface area contributed by atoms with Gasteiger partial charge in [0.2, 0.25) is 5.95 Å². The molecule has 7 heteroatoms. The number of halogens is 1. The molecule has 2 heterocycles. The van der Waals surface area contributed by atoms with Crippen molar-refractivity contribution in [1.82, 2.24) is 9.97 Å². The number of hydrogen-bond acceptors (Lipinski definition) is 5. The van der Waals surface area contributed by atoms with Crippen molar-refractivity contribution in [3.8, 4) is 0 Å². The number of hydrogen-bond donors (Lipinski definition) is 2. The molecule has 148 valence electrons. The first kappa shape index (κ1) is 18.9. The number of nitrogens with one attached hydrogen (secondary N) is 2. The molecule has 0 bridgehead atoms. The van der Waals surface area contributed by atoms with E-state index in [1.54, 1.807) is 12.1 Å². The summed E-state index contributed by atoms with van der Waals surface area (Å²) in [5.41, 5.74) is 2.82. The number of anilines is 4. The zero-order valence-corrected chi connectivity index (χ0v) is 16.2. The van der Waals surface area contributed by atoms with E-state index < -0.39 is 0 Å². The lowest BCUT2D eigenvalue weighted by Gasteiger charge is -2.17. The standard InChI is InChI=1S/C22H22FN5O/c1-15-14-20(27-22(24-15)28-12-2-3-13-28)25-18-8-10-19(11-9-18)26-21(29)16-4-6-17(23)7-5-16/h4-11,14H,2-3,12-13H2,1H3,(H,26,29)(H,24,25,27). The highest BCUT2D eigenvalue weighted by molar-refractivity contribution is 6.04. The second-order valence-corrected chi connectivity index (χ2v) is 7.05. The minimum atomic E-state index is -0.371. The van der Waals surface area contributed by atoms with Crippen molar-refractivity contribution in [1.29, 1.82) is 0 Å². The van der Waals surface area contributed by atoms with E-state index in [9.17, 15) is 9.18 Å². The molecule has 29 heavy (non-hydrogen) atoms. The molecule has 0 spiro atoms. The van der Waals surface area contributed by atoms with E-state index in [4.69, 9.17) is 0 Å². The number of amides is 1. The van der Waals surface area contributed by atoms with Gasteiger partial charge in [-0.25, -0.2) is 9.37 Å². The average Bonchev–Trinajstić information content (AvgIpc) is 3.24. The maximum atomic E-state index is 13.0. The van der Waals surface area contributed by atoms with Gasteiger partial charge in [-0.3, -0.25) is 4.79 Å². The fourth-order valence-electron chi connectivity index (χ4n) is 3.26. The number of rotatable bonds is 5. The smallest absolute Gasteiger partial charge is 0.255 e. The van der Waals surface area contributed by atoms with Crippen LogP contribution in [-0.4, -0.2) is 29.0 Å². The average molecular weight is 391 g/mol. The molecule has 0 unspecified atom stereocenters. The van der Waals surface area contributed by atoms with Crippen LogP contribution in [0.1, 0.15) is 28.9 Å². The van der Waals surface area contributed by atoms with Gasteiger partial charge in [-0.2, -0.15) is 4.98 Å². The van der Waals surface area contributed by atoms with E-state index in [1.165, 1.54) is 37.1 Å². The highest BCUT2D eigenvalue weighted by atomic mass is 19.1. The summed E-state index contributed by atoms with van der Waals surface area (Å²) in [4.78, 5) is 23.6. The second kappa shape index (κ2) is 8.26. The van der Waals surface area contributed by atoms with Crippen LogP contribution in [0.2, 0.25) is 0 Å². The third kappa shape index (κ3) is 4.68. The summed E-state index contributed by atoms with van der Waals surface area (Å²) in [6, 6.07) is 14.7. The summed E-state index contributed by atoms with van der Waals surface area (Å²) >= 11 is 0. The number of aromatic nitrogens is 2. The Hall–Kier alpha value is -3.48. The third-order valence-corrected chi connectivity index (χ3v) is 4.75. The van der Waals surface area contributed by atoms with Crippen molar-refractivity contribution in [2.24, 2.45) is 0 Å². The van der Waals surface area contributed by atoms with Gasteiger partial charge in [0.05, 0.1) is 0 Å². The third-order valence-electron chi connectivity index (χ3n) is 4.75. The van der Waals surface area contributed by atoms with Gasteiger partial charge in [-0.15, -0.1) is 0 Å². The van der Waals surface area contributed by atoms with E-state index in [0.717, 1.165) is 36.2 Å². The zero-order valence-electron chi connectivity index (χ0n) is 16.2. The van der Waals surface area contributed by atoms with Crippen LogP contribution in [-0.2, 0) is 0 Å². The van der Waals surface area contributed by atoms with Gasteiger partial charge in [-0.1, -0.05) is 0 Å². The molecule has 1 aromatic heterocycles. The second-order valence-electron chi connectivity index (χ2n) is 7.05. The number of benzene rings is 2. The Kier molecular flexibility index (Phi) is 5.37. The maximum absolute atomic E-state index is 13.0. The zero-order chi connectivity index (χ0) is 20.2. The van der Waals surface area contributed by atoms with Gasteiger partial charge in [0.1, 0.15) is 11.6 Å². The highest BCUT2D eigenvalue weighted by Crippen LogP contribution is 2.22. The molecule has 2 N–H and O–H groups in total. The summed E-state index contributed by atoms with van der Waals surface area (Å²) in [6.07, 6.45) is 2.34. The van der Waals surface area contributed by atoms with Gasteiger partial charge in [0.15, 0.2) is 0 Å². The fourth-order valence-corrected chi connectivity index (χ4v) is 3.26. The molecule has 0 saturated carbocycles. The van der Waals surface area contributed by atoms with Crippen LogP contribution in [0.4, 0.5) is 27.5 Å². The minimum absolute atomic E-state index is 0.285. The maximum Gasteiger partial charge on any atom is 0.255 e. The number of carbonyl (C=O) groups excluding carboxylic acids is 1. The largest absolute Gasteiger partial charge is 0.341 e. The Morgan fingerprint density at radius 2 is 1.62 bits per heavy atom. The lowest BCUT2D eigenvalue weighted by molar-refractivity contribution is 0.102. The van der Waals surface area contributed by atoms with Crippen LogP contribution in [0.25, 0.3) is 0 Å². The Bertz CT molecular complexity index is 999. The van der Waals surface area contributed by atoms with E-state index in [1.807, 2.05) is 25.1 Å². The first-order valence-electron chi connectivity index (χ1n) is 9.61. The number of aryl methyl sites for hydroxylation is 1. The highest BCUT2D eigenvalue weighted by Gasteiger charge is 2.16. The van der Waals surface area contributed by atoms with Gasteiger partial charge in [0, 0.05) is 41.8 Å². The summed E-state index contributed by atoms with van der Waals surface area (Å²) in [5.74, 6) is 0.841. The summed E-state index contributed by atoms with van der Waals surface area (Å²) in [6.45, 7) is 3.94. The quantitative estimate of drug-likeness (QED) is 0.669. The van der Waals surface area contributed by atoms with E-state index in [2.05, 4.69) is 25.5 Å². The molecule has 1 amide bonds.